The van der Waals surface area contributed by atoms with Crippen LogP contribution in [0.1, 0.15) is 27.2 Å². The van der Waals surface area contributed by atoms with E-state index >= 15 is 0 Å². The first-order valence-electron chi connectivity index (χ1n) is 5.94. The first-order chi connectivity index (χ1) is 9.10. The fraction of sp³-hybridized carbons (Fsp3) is 0.750. The van der Waals surface area contributed by atoms with Crippen molar-refractivity contribution in [3.05, 3.63) is 0 Å². The minimum atomic E-state index is -1.56. The van der Waals surface area contributed by atoms with Gasteiger partial charge in [-0.3, -0.25) is 0 Å². The molecule has 0 rings (SSSR count). The first-order valence-corrected chi connectivity index (χ1v) is 5.94. The van der Waals surface area contributed by atoms with Crippen molar-refractivity contribution in [2.24, 2.45) is 0 Å². The molecular weight excluding hydrogens is 270 g/mol. The molecule has 0 fully saturated rings. The van der Waals surface area contributed by atoms with Crippen LogP contribution in [0.4, 0.5) is 4.79 Å². The van der Waals surface area contributed by atoms with Crippen LogP contribution in [0.15, 0.2) is 0 Å². The fourth-order valence-corrected chi connectivity index (χ4v) is 1.26. The summed E-state index contributed by atoms with van der Waals surface area (Å²) in [4.78, 5) is 34.2. The van der Waals surface area contributed by atoms with Gasteiger partial charge in [-0.15, -0.1) is 0 Å². The Morgan fingerprint density at radius 3 is 2.00 bits per heavy atom. The maximum absolute atomic E-state index is 11.6. The molecule has 0 radical (unpaired) electrons. The number of alkyl carbamates (subject to hydrolysis) is 1. The van der Waals surface area contributed by atoms with Crippen molar-refractivity contribution < 1.29 is 33.7 Å². The van der Waals surface area contributed by atoms with Crippen LogP contribution >= 0.6 is 0 Å². The highest BCUT2D eigenvalue weighted by atomic mass is 16.6. The maximum atomic E-state index is 11.6. The van der Waals surface area contributed by atoms with Gasteiger partial charge < -0.3 is 24.6 Å². The molecule has 0 aromatic rings. The van der Waals surface area contributed by atoms with E-state index in [4.69, 9.17) is 4.74 Å². The molecule has 0 aliphatic rings. The summed E-state index contributed by atoms with van der Waals surface area (Å²) in [5, 5.41) is 11.7. The summed E-state index contributed by atoms with van der Waals surface area (Å²) in [7, 11) is 2.22. The Morgan fingerprint density at radius 2 is 1.60 bits per heavy atom. The molecule has 1 amide bonds. The molecule has 20 heavy (non-hydrogen) atoms. The molecule has 0 heterocycles. The van der Waals surface area contributed by atoms with Gasteiger partial charge in [0.1, 0.15) is 11.6 Å². The van der Waals surface area contributed by atoms with Gasteiger partial charge in [0.05, 0.1) is 14.2 Å². The molecule has 2 N–H and O–H groups in total. The van der Waals surface area contributed by atoms with Gasteiger partial charge in [-0.25, -0.2) is 14.4 Å². The Hall–Kier alpha value is -1.83. The number of esters is 2. The molecule has 0 aromatic carbocycles. The number of ether oxygens (including phenoxy) is 3. The SMILES string of the molecule is COC(=O)[C@H](O)C[C@H](NC(=O)OC(C)(C)C)C(=O)OC. The number of rotatable bonds is 5. The van der Waals surface area contributed by atoms with Crippen LogP contribution in [0.5, 0.6) is 0 Å². The molecule has 0 unspecified atom stereocenters. The second-order valence-electron chi connectivity index (χ2n) is 5.00. The molecule has 8 heteroatoms. The van der Waals surface area contributed by atoms with Crippen LogP contribution in [0.2, 0.25) is 0 Å². The molecular formula is C12H21NO7. The summed E-state index contributed by atoms with van der Waals surface area (Å²) in [5.74, 6) is -1.72. The second kappa shape index (κ2) is 7.68. The molecule has 8 nitrogen and oxygen atoms in total. The van der Waals surface area contributed by atoms with Crippen molar-refractivity contribution >= 4 is 18.0 Å². The van der Waals surface area contributed by atoms with Gasteiger partial charge in [-0.05, 0) is 20.8 Å². The van der Waals surface area contributed by atoms with Gasteiger partial charge in [0, 0.05) is 6.42 Å². The van der Waals surface area contributed by atoms with Crippen LogP contribution in [0.3, 0.4) is 0 Å². The van der Waals surface area contributed by atoms with E-state index in [0.717, 1.165) is 14.2 Å². The largest absolute Gasteiger partial charge is 0.467 e. The van der Waals surface area contributed by atoms with E-state index in [0.29, 0.717) is 0 Å². The first kappa shape index (κ1) is 18.2. The molecule has 0 bridgehead atoms. The third-order valence-corrected chi connectivity index (χ3v) is 2.11. The van der Waals surface area contributed by atoms with E-state index in [1.807, 2.05) is 0 Å². The Labute approximate surface area is 117 Å². The Balaban J connectivity index is 4.70. The summed E-state index contributed by atoms with van der Waals surface area (Å²) >= 11 is 0. The van der Waals surface area contributed by atoms with Crippen LogP contribution in [-0.4, -0.2) is 55.1 Å². The summed E-state index contributed by atoms with van der Waals surface area (Å²) in [6, 6.07) is -1.22. The minimum Gasteiger partial charge on any atom is -0.467 e. The van der Waals surface area contributed by atoms with E-state index in [9.17, 15) is 19.5 Å². The lowest BCUT2D eigenvalue weighted by atomic mass is 10.1. The van der Waals surface area contributed by atoms with Crippen molar-refractivity contribution in [3.8, 4) is 0 Å². The van der Waals surface area contributed by atoms with E-state index in [1.54, 1.807) is 20.8 Å². The van der Waals surface area contributed by atoms with Gasteiger partial charge in [0.15, 0.2) is 6.10 Å². The zero-order chi connectivity index (χ0) is 15.9. The number of carbonyl (C=O) groups excluding carboxylic acids is 3. The number of methoxy groups -OCH3 is 2. The van der Waals surface area contributed by atoms with Crippen LogP contribution in [0.25, 0.3) is 0 Å². The van der Waals surface area contributed by atoms with E-state index < -0.39 is 35.8 Å². The highest BCUT2D eigenvalue weighted by Crippen LogP contribution is 2.08. The summed E-state index contributed by atoms with van der Waals surface area (Å²) < 4.78 is 13.8. The average molecular weight is 291 g/mol. The molecule has 0 saturated carbocycles. The highest BCUT2D eigenvalue weighted by molar-refractivity contribution is 5.83. The lowest BCUT2D eigenvalue weighted by Crippen LogP contribution is -2.46. The number of amides is 1. The molecule has 0 aliphatic carbocycles. The van der Waals surface area contributed by atoms with E-state index in [2.05, 4.69) is 14.8 Å². The van der Waals surface area contributed by atoms with Crippen molar-refractivity contribution in [1.29, 1.82) is 0 Å². The van der Waals surface area contributed by atoms with Gasteiger partial charge in [-0.1, -0.05) is 0 Å². The van der Waals surface area contributed by atoms with Gasteiger partial charge in [0.25, 0.3) is 0 Å². The topological polar surface area (TPSA) is 111 Å². The quantitative estimate of drug-likeness (QED) is 0.540. The Bertz CT molecular complexity index is 361. The van der Waals surface area contributed by atoms with Crippen molar-refractivity contribution in [2.45, 2.75) is 44.9 Å². The van der Waals surface area contributed by atoms with Crippen LogP contribution < -0.4 is 5.32 Å². The minimum absolute atomic E-state index is 0.376. The van der Waals surface area contributed by atoms with Crippen LogP contribution in [0, 0.1) is 0 Å². The number of aliphatic hydroxyl groups is 1. The number of aliphatic hydroxyl groups excluding tert-OH is 1. The van der Waals surface area contributed by atoms with Gasteiger partial charge in [0.2, 0.25) is 0 Å². The van der Waals surface area contributed by atoms with Crippen molar-refractivity contribution in [1.82, 2.24) is 5.32 Å². The lowest BCUT2D eigenvalue weighted by molar-refractivity contribution is -0.152. The normalized spacial score (nSPS) is 13.9. The molecule has 0 saturated heterocycles. The molecule has 2 atom stereocenters. The predicted octanol–water partition coefficient (Wildman–Crippen LogP) is -0.0233. The molecule has 0 aromatic heterocycles. The van der Waals surface area contributed by atoms with Crippen LogP contribution in [-0.2, 0) is 23.8 Å². The number of carbonyl (C=O) groups is 3. The fourth-order valence-electron chi connectivity index (χ4n) is 1.26. The number of hydrogen-bond acceptors (Lipinski definition) is 7. The molecule has 0 aliphatic heterocycles. The number of nitrogens with one attached hydrogen (secondary N) is 1. The zero-order valence-electron chi connectivity index (χ0n) is 12.3. The lowest BCUT2D eigenvalue weighted by Gasteiger charge is -2.23. The van der Waals surface area contributed by atoms with Gasteiger partial charge >= 0.3 is 18.0 Å². The highest BCUT2D eigenvalue weighted by Gasteiger charge is 2.30. The van der Waals surface area contributed by atoms with Gasteiger partial charge in [-0.2, -0.15) is 0 Å². The molecule has 0 spiro atoms. The predicted molar refractivity (Wildman–Crippen MR) is 67.8 cm³/mol. The summed E-state index contributed by atoms with van der Waals surface area (Å²) in [5.41, 5.74) is -0.744. The number of hydrogen-bond donors (Lipinski definition) is 2. The smallest absolute Gasteiger partial charge is 0.408 e. The summed E-state index contributed by atoms with van der Waals surface area (Å²) in [6.07, 6.45) is -2.79. The summed E-state index contributed by atoms with van der Waals surface area (Å²) in [6.45, 7) is 4.97. The third-order valence-electron chi connectivity index (χ3n) is 2.11. The monoisotopic (exact) mass is 291 g/mol. The Morgan fingerprint density at radius 1 is 1.10 bits per heavy atom. The third kappa shape index (κ3) is 6.93. The Kier molecular flexibility index (Phi) is 6.98. The second-order valence-corrected chi connectivity index (χ2v) is 5.00. The zero-order valence-corrected chi connectivity index (χ0v) is 12.3. The average Bonchev–Trinajstić information content (AvgIpc) is 2.33. The van der Waals surface area contributed by atoms with Crippen molar-refractivity contribution in [3.63, 3.8) is 0 Å². The van der Waals surface area contributed by atoms with E-state index in [-0.39, 0.29) is 6.42 Å². The maximum Gasteiger partial charge on any atom is 0.408 e. The standard InChI is InChI=1S/C12H21NO7/c1-12(2,3)20-11(17)13-7(9(15)18-4)6-8(14)10(16)19-5/h7-8,14H,6H2,1-5H3,(H,13,17)/t7-,8+/m0/s1. The van der Waals surface area contributed by atoms with E-state index in [1.165, 1.54) is 0 Å². The van der Waals surface area contributed by atoms with Crippen molar-refractivity contribution in [2.75, 3.05) is 14.2 Å². The molecule has 116 valence electrons.